The molecule has 0 amide bonds. The Balaban J connectivity index is 2.00. The third-order valence-corrected chi connectivity index (χ3v) is 4.10. The standard InChI is InChI=1S/C15H17ClN4O3/c1-11-17-14(20(21)22)15(18-6-8-23-9-7-18)19(11)10-12-2-4-13(16)5-3-12/h2-5H,6-10H2,1H3. The fraction of sp³-hybridized carbons (Fsp3) is 0.400. The van der Waals surface area contributed by atoms with E-state index in [4.69, 9.17) is 16.3 Å². The number of aromatic nitrogens is 2. The van der Waals surface area contributed by atoms with Crippen molar-refractivity contribution in [1.29, 1.82) is 0 Å². The molecule has 0 unspecified atom stereocenters. The summed E-state index contributed by atoms with van der Waals surface area (Å²) in [7, 11) is 0. The van der Waals surface area contributed by atoms with Crippen LogP contribution in [-0.2, 0) is 11.3 Å². The molecule has 1 aliphatic rings. The highest BCUT2D eigenvalue weighted by Crippen LogP contribution is 2.30. The van der Waals surface area contributed by atoms with Crippen LogP contribution in [0.1, 0.15) is 11.4 Å². The van der Waals surface area contributed by atoms with E-state index in [1.54, 1.807) is 6.92 Å². The second kappa shape index (κ2) is 6.55. The van der Waals surface area contributed by atoms with E-state index < -0.39 is 4.92 Å². The second-order valence-corrected chi connectivity index (χ2v) is 5.81. The quantitative estimate of drug-likeness (QED) is 0.634. The van der Waals surface area contributed by atoms with Crippen molar-refractivity contribution in [3.63, 3.8) is 0 Å². The maximum Gasteiger partial charge on any atom is 0.406 e. The van der Waals surface area contributed by atoms with Gasteiger partial charge < -0.3 is 19.8 Å². The van der Waals surface area contributed by atoms with Crippen molar-refractivity contribution < 1.29 is 9.66 Å². The highest BCUT2D eigenvalue weighted by Gasteiger charge is 2.30. The van der Waals surface area contributed by atoms with Gasteiger partial charge in [-0.05, 0) is 27.6 Å². The van der Waals surface area contributed by atoms with Crippen LogP contribution in [0, 0.1) is 17.0 Å². The van der Waals surface area contributed by atoms with Gasteiger partial charge in [-0.1, -0.05) is 23.7 Å². The fourth-order valence-corrected chi connectivity index (χ4v) is 2.84. The lowest BCUT2D eigenvalue weighted by molar-refractivity contribution is -0.388. The zero-order valence-electron chi connectivity index (χ0n) is 12.7. The third-order valence-electron chi connectivity index (χ3n) is 3.85. The Morgan fingerprint density at radius 1 is 1.30 bits per heavy atom. The molecule has 0 spiro atoms. The summed E-state index contributed by atoms with van der Waals surface area (Å²) in [5.74, 6) is 1.07. The van der Waals surface area contributed by atoms with Crippen LogP contribution in [0.15, 0.2) is 24.3 Å². The zero-order valence-corrected chi connectivity index (χ0v) is 13.5. The molecule has 1 aliphatic heterocycles. The summed E-state index contributed by atoms with van der Waals surface area (Å²) in [6.45, 7) is 4.65. The normalized spacial score (nSPS) is 15.0. The minimum absolute atomic E-state index is 0.0987. The predicted octanol–water partition coefficient (Wildman–Crippen LogP) is 2.64. The van der Waals surface area contributed by atoms with Gasteiger partial charge in [0.25, 0.3) is 0 Å². The number of morpholine rings is 1. The maximum atomic E-state index is 11.4. The summed E-state index contributed by atoms with van der Waals surface area (Å²) in [6.07, 6.45) is 0. The molecule has 122 valence electrons. The molecule has 23 heavy (non-hydrogen) atoms. The van der Waals surface area contributed by atoms with Gasteiger partial charge in [0.05, 0.1) is 19.8 Å². The molecule has 0 N–H and O–H groups in total. The Kier molecular flexibility index (Phi) is 4.49. The first-order valence-electron chi connectivity index (χ1n) is 7.35. The van der Waals surface area contributed by atoms with E-state index in [1.807, 2.05) is 33.7 Å². The zero-order chi connectivity index (χ0) is 16.4. The molecule has 1 aromatic heterocycles. The van der Waals surface area contributed by atoms with E-state index in [2.05, 4.69) is 4.98 Å². The summed E-state index contributed by atoms with van der Waals surface area (Å²) >= 11 is 5.91. The molecule has 1 aromatic carbocycles. The molecule has 0 saturated carbocycles. The first-order valence-corrected chi connectivity index (χ1v) is 7.72. The smallest absolute Gasteiger partial charge is 0.378 e. The van der Waals surface area contributed by atoms with Crippen molar-refractivity contribution >= 4 is 23.2 Å². The molecule has 2 heterocycles. The van der Waals surface area contributed by atoms with E-state index >= 15 is 0 Å². The Morgan fingerprint density at radius 3 is 2.57 bits per heavy atom. The lowest BCUT2D eigenvalue weighted by Gasteiger charge is -2.28. The fourth-order valence-electron chi connectivity index (χ4n) is 2.71. The van der Waals surface area contributed by atoms with Crippen LogP contribution in [0.2, 0.25) is 5.02 Å². The van der Waals surface area contributed by atoms with Crippen molar-refractivity contribution in [3.05, 3.63) is 50.8 Å². The number of ether oxygens (including phenoxy) is 1. The number of hydrogen-bond acceptors (Lipinski definition) is 5. The topological polar surface area (TPSA) is 73.4 Å². The summed E-state index contributed by atoms with van der Waals surface area (Å²) in [4.78, 5) is 17.1. The molecular weight excluding hydrogens is 320 g/mol. The lowest BCUT2D eigenvalue weighted by Crippen LogP contribution is -2.38. The van der Waals surface area contributed by atoms with E-state index in [0.717, 1.165) is 5.56 Å². The molecule has 7 nitrogen and oxygen atoms in total. The van der Waals surface area contributed by atoms with E-state index in [0.29, 0.717) is 49.5 Å². The number of halogens is 1. The molecule has 0 bridgehead atoms. The van der Waals surface area contributed by atoms with Crippen LogP contribution in [0.3, 0.4) is 0 Å². The molecule has 0 aliphatic carbocycles. The molecule has 3 rings (SSSR count). The molecule has 1 fully saturated rings. The van der Waals surface area contributed by atoms with Gasteiger partial charge in [0.2, 0.25) is 11.6 Å². The Hall–Kier alpha value is -2.12. The Labute approximate surface area is 138 Å². The van der Waals surface area contributed by atoms with Gasteiger partial charge in [0, 0.05) is 25.0 Å². The molecular formula is C15H17ClN4O3. The maximum absolute atomic E-state index is 11.4. The average molecular weight is 337 g/mol. The summed E-state index contributed by atoms with van der Waals surface area (Å²) < 4.78 is 7.23. The number of benzene rings is 1. The van der Waals surface area contributed by atoms with E-state index in [9.17, 15) is 10.1 Å². The number of rotatable bonds is 4. The van der Waals surface area contributed by atoms with Crippen molar-refractivity contribution in [2.75, 3.05) is 31.2 Å². The molecule has 1 saturated heterocycles. The van der Waals surface area contributed by atoms with Crippen LogP contribution in [0.4, 0.5) is 11.6 Å². The highest BCUT2D eigenvalue weighted by molar-refractivity contribution is 6.30. The first-order chi connectivity index (χ1) is 11.1. The average Bonchev–Trinajstić information content (AvgIpc) is 2.87. The van der Waals surface area contributed by atoms with E-state index in [1.165, 1.54) is 0 Å². The summed E-state index contributed by atoms with van der Waals surface area (Å²) in [5.41, 5.74) is 1.01. The monoisotopic (exact) mass is 336 g/mol. The van der Waals surface area contributed by atoms with Crippen LogP contribution >= 0.6 is 11.6 Å². The minimum Gasteiger partial charge on any atom is -0.378 e. The SMILES string of the molecule is Cc1nc([N+](=O)[O-])c(N2CCOCC2)n1Cc1ccc(Cl)cc1. The van der Waals surface area contributed by atoms with Crippen LogP contribution < -0.4 is 4.90 Å². The van der Waals surface area contributed by atoms with Gasteiger partial charge in [0.1, 0.15) is 0 Å². The molecule has 2 aromatic rings. The van der Waals surface area contributed by atoms with Gasteiger partial charge in [-0.15, -0.1) is 0 Å². The highest BCUT2D eigenvalue weighted by atomic mass is 35.5. The number of imidazole rings is 1. The number of hydrogen-bond donors (Lipinski definition) is 0. The van der Waals surface area contributed by atoms with Gasteiger partial charge >= 0.3 is 5.82 Å². The number of nitrogens with zero attached hydrogens (tertiary/aromatic N) is 4. The van der Waals surface area contributed by atoms with Crippen LogP contribution in [-0.4, -0.2) is 40.8 Å². The second-order valence-electron chi connectivity index (χ2n) is 5.38. The van der Waals surface area contributed by atoms with Gasteiger partial charge in [0.15, 0.2) is 0 Å². The molecule has 0 radical (unpaired) electrons. The van der Waals surface area contributed by atoms with Crippen molar-refractivity contribution in [2.45, 2.75) is 13.5 Å². The largest absolute Gasteiger partial charge is 0.406 e. The first kappa shape index (κ1) is 15.8. The Morgan fingerprint density at radius 2 is 1.96 bits per heavy atom. The van der Waals surface area contributed by atoms with Gasteiger partial charge in [-0.3, -0.25) is 4.57 Å². The van der Waals surface area contributed by atoms with Gasteiger partial charge in [-0.25, -0.2) is 0 Å². The minimum atomic E-state index is -0.420. The molecule has 8 heteroatoms. The van der Waals surface area contributed by atoms with Crippen molar-refractivity contribution in [2.24, 2.45) is 0 Å². The third kappa shape index (κ3) is 3.30. The van der Waals surface area contributed by atoms with Crippen LogP contribution in [0.5, 0.6) is 0 Å². The van der Waals surface area contributed by atoms with Crippen LogP contribution in [0.25, 0.3) is 0 Å². The molecule has 0 atom stereocenters. The van der Waals surface area contributed by atoms with Crippen molar-refractivity contribution in [3.8, 4) is 0 Å². The summed E-state index contributed by atoms with van der Waals surface area (Å²) in [6, 6.07) is 7.45. The van der Waals surface area contributed by atoms with Gasteiger partial charge in [-0.2, -0.15) is 0 Å². The number of aryl methyl sites for hydroxylation is 1. The Bertz CT molecular complexity index is 708. The predicted molar refractivity (Wildman–Crippen MR) is 87.2 cm³/mol. The van der Waals surface area contributed by atoms with Crippen molar-refractivity contribution in [1.82, 2.24) is 9.55 Å². The lowest BCUT2D eigenvalue weighted by atomic mass is 10.2. The summed E-state index contributed by atoms with van der Waals surface area (Å²) in [5, 5.41) is 12.0. The number of anilines is 1. The number of nitro groups is 1. The van der Waals surface area contributed by atoms with E-state index in [-0.39, 0.29) is 5.82 Å².